The third-order valence-electron chi connectivity index (χ3n) is 7.12. The van der Waals surface area contributed by atoms with Crippen molar-refractivity contribution >= 4 is 0 Å². The maximum Gasteiger partial charge on any atom is 0.204 e. The Labute approximate surface area is 186 Å². The quantitative estimate of drug-likeness (QED) is 0.339. The molecule has 1 saturated carbocycles. The van der Waals surface area contributed by atoms with Crippen LogP contribution in [0, 0.1) is 29.4 Å². The first kappa shape index (κ1) is 24.3. The molecule has 1 aliphatic carbocycles. The Balaban J connectivity index is 1.39. The minimum Gasteiger partial charge on any atom is -0.490 e. The number of rotatable bonds is 11. The highest BCUT2D eigenvalue weighted by atomic mass is 19.2. The lowest BCUT2D eigenvalue weighted by Crippen LogP contribution is -2.35. The monoisotopic (exact) mass is 438 g/mol. The first-order chi connectivity index (χ1) is 15.1. The fourth-order valence-electron chi connectivity index (χ4n) is 5.02. The van der Waals surface area contributed by atoms with Crippen molar-refractivity contribution in [2.24, 2.45) is 17.8 Å². The van der Waals surface area contributed by atoms with Gasteiger partial charge in [-0.2, -0.15) is 8.78 Å². The largest absolute Gasteiger partial charge is 0.490 e. The van der Waals surface area contributed by atoms with E-state index in [2.05, 4.69) is 6.92 Å². The molecule has 5 heteroatoms. The van der Waals surface area contributed by atoms with Gasteiger partial charge < -0.3 is 14.2 Å². The molecule has 0 bridgehead atoms. The van der Waals surface area contributed by atoms with Crippen molar-refractivity contribution in [1.29, 1.82) is 0 Å². The van der Waals surface area contributed by atoms with Gasteiger partial charge >= 0.3 is 0 Å². The number of ether oxygens (including phenoxy) is 3. The lowest BCUT2D eigenvalue weighted by molar-refractivity contribution is -0.0565. The normalized spacial score (nSPS) is 26.6. The van der Waals surface area contributed by atoms with Gasteiger partial charge in [0.05, 0.1) is 19.3 Å². The Morgan fingerprint density at radius 2 is 1.48 bits per heavy atom. The summed E-state index contributed by atoms with van der Waals surface area (Å²) in [6.45, 7) is 5.69. The molecule has 1 heterocycles. The van der Waals surface area contributed by atoms with Gasteiger partial charge in [0, 0.05) is 0 Å². The maximum absolute atomic E-state index is 14.3. The topological polar surface area (TPSA) is 27.7 Å². The molecule has 176 valence electrons. The Morgan fingerprint density at radius 1 is 0.839 bits per heavy atom. The molecule has 0 aromatic heterocycles. The lowest BCUT2D eigenvalue weighted by Gasteiger charge is -2.37. The Morgan fingerprint density at radius 3 is 2.10 bits per heavy atom. The third kappa shape index (κ3) is 7.06. The van der Waals surface area contributed by atoms with Crippen LogP contribution in [0.1, 0.15) is 84.5 Å². The van der Waals surface area contributed by atoms with E-state index in [0.717, 1.165) is 44.1 Å². The molecule has 0 radical (unpaired) electrons. The zero-order valence-electron chi connectivity index (χ0n) is 19.3. The third-order valence-corrected chi connectivity index (χ3v) is 7.12. The molecule has 1 aliphatic heterocycles. The van der Waals surface area contributed by atoms with Crippen molar-refractivity contribution in [2.45, 2.75) is 90.6 Å². The second-order valence-electron chi connectivity index (χ2n) is 9.42. The molecule has 1 saturated heterocycles. The highest BCUT2D eigenvalue weighted by Crippen LogP contribution is 2.39. The average molecular weight is 439 g/mol. The molecule has 2 aliphatic rings. The second kappa shape index (κ2) is 12.6. The predicted octanol–water partition coefficient (Wildman–Crippen LogP) is 7.31. The Hall–Kier alpha value is -1.36. The van der Waals surface area contributed by atoms with Gasteiger partial charge in [-0.15, -0.1) is 0 Å². The van der Waals surface area contributed by atoms with Crippen LogP contribution in [0.15, 0.2) is 12.1 Å². The Kier molecular flexibility index (Phi) is 9.89. The lowest BCUT2D eigenvalue weighted by atomic mass is 9.73. The van der Waals surface area contributed by atoms with Crippen LogP contribution in [0.4, 0.5) is 8.78 Å². The van der Waals surface area contributed by atoms with Gasteiger partial charge in [0.2, 0.25) is 11.6 Å². The summed E-state index contributed by atoms with van der Waals surface area (Å²) in [5.41, 5.74) is 0. The fraction of sp³-hybridized carbons (Fsp3) is 0.769. The van der Waals surface area contributed by atoms with Gasteiger partial charge in [-0.3, -0.25) is 0 Å². The molecule has 2 atom stereocenters. The summed E-state index contributed by atoms with van der Waals surface area (Å²) in [5, 5.41) is 0. The van der Waals surface area contributed by atoms with E-state index < -0.39 is 11.6 Å². The number of unbranched alkanes of at least 4 members (excludes halogenated alkanes) is 2. The van der Waals surface area contributed by atoms with E-state index in [4.69, 9.17) is 14.2 Å². The Bertz CT molecular complexity index is 650. The minimum atomic E-state index is -0.984. The standard InChI is InChI=1S/C26H40F2O3/c1-3-5-7-19-8-10-20(11-9-19)21-12-13-22(30-17-21)18-31-24-15-14-23(25(27)26(24)28)29-16-6-4-2/h14-15,19-22H,3-13,16-18H2,1-2H3. The van der Waals surface area contributed by atoms with E-state index in [9.17, 15) is 8.78 Å². The highest BCUT2D eigenvalue weighted by molar-refractivity contribution is 5.35. The number of benzene rings is 1. The van der Waals surface area contributed by atoms with E-state index in [-0.39, 0.29) is 24.2 Å². The van der Waals surface area contributed by atoms with Crippen molar-refractivity contribution in [1.82, 2.24) is 0 Å². The van der Waals surface area contributed by atoms with E-state index in [1.54, 1.807) is 0 Å². The first-order valence-electron chi connectivity index (χ1n) is 12.5. The summed E-state index contributed by atoms with van der Waals surface area (Å²) in [4.78, 5) is 0. The van der Waals surface area contributed by atoms with Crippen LogP contribution < -0.4 is 9.47 Å². The molecule has 3 nitrogen and oxygen atoms in total. The van der Waals surface area contributed by atoms with Crippen molar-refractivity contribution < 1.29 is 23.0 Å². The molecular weight excluding hydrogens is 398 g/mol. The smallest absolute Gasteiger partial charge is 0.204 e. The molecule has 3 rings (SSSR count). The zero-order valence-corrected chi connectivity index (χ0v) is 19.3. The summed E-state index contributed by atoms with van der Waals surface area (Å²) in [5.74, 6) is 0.260. The fourth-order valence-corrected chi connectivity index (χ4v) is 5.02. The molecular formula is C26H40F2O3. The molecule has 1 aromatic carbocycles. The van der Waals surface area contributed by atoms with Gasteiger partial charge in [-0.1, -0.05) is 52.4 Å². The average Bonchev–Trinajstić information content (AvgIpc) is 2.81. The zero-order chi connectivity index (χ0) is 22.1. The van der Waals surface area contributed by atoms with Gasteiger partial charge in [-0.25, -0.2) is 0 Å². The molecule has 31 heavy (non-hydrogen) atoms. The van der Waals surface area contributed by atoms with E-state index in [1.165, 1.54) is 57.1 Å². The molecule has 0 spiro atoms. The molecule has 0 amide bonds. The second-order valence-corrected chi connectivity index (χ2v) is 9.42. The van der Waals surface area contributed by atoms with Crippen LogP contribution in [0.5, 0.6) is 11.5 Å². The molecule has 0 N–H and O–H groups in total. The van der Waals surface area contributed by atoms with Crippen LogP contribution in [0.2, 0.25) is 0 Å². The van der Waals surface area contributed by atoms with Crippen LogP contribution in [-0.4, -0.2) is 25.9 Å². The molecule has 2 fully saturated rings. The number of hydrogen-bond acceptors (Lipinski definition) is 3. The summed E-state index contributed by atoms with van der Waals surface area (Å²) in [6, 6.07) is 2.89. The van der Waals surface area contributed by atoms with Gasteiger partial charge in [0.25, 0.3) is 0 Å². The highest BCUT2D eigenvalue weighted by Gasteiger charge is 2.31. The van der Waals surface area contributed by atoms with Crippen molar-refractivity contribution in [2.75, 3.05) is 19.8 Å². The molecule has 2 unspecified atom stereocenters. The van der Waals surface area contributed by atoms with E-state index in [0.29, 0.717) is 12.5 Å². The van der Waals surface area contributed by atoms with Crippen molar-refractivity contribution in [3.05, 3.63) is 23.8 Å². The summed E-state index contributed by atoms with van der Waals surface area (Å²) >= 11 is 0. The molecule has 1 aromatic rings. The SMILES string of the molecule is CCCCOc1ccc(OCC2CCC(C3CCC(CCCC)CC3)CO2)c(F)c1F. The number of halogens is 2. The predicted molar refractivity (Wildman–Crippen MR) is 120 cm³/mol. The maximum atomic E-state index is 14.3. The number of hydrogen-bond donors (Lipinski definition) is 0. The summed E-state index contributed by atoms with van der Waals surface area (Å²) < 4.78 is 45.4. The van der Waals surface area contributed by atoms with Crippen LogP contribution in [0.3, 0.4) is 0 Å². The summed E-state index contributed by atoms with van der Waals surface area (Å²) in [6.07, 6.45) is 13.2. The minimum absolute atomic E-state index is 0.0555. The van der Waals surface area contributed by atoms with Gasteiger partial charge in [0.1, 0.15) is 6.61 Å². The van der Waals surface area contributed by atoms with E-state index in [1.807, 2.05) is 6.92 Å². The van der Waals surface area contributed by atoms with Crippen LogP contribution in [0.25, 0.3) is 0 Å². The van der Waals surface area contributed by atoms with Gasteiger partial charge in [0.15, 0.2) is 11.5 Å². The van der Waals surface area contributed by atoms with Crippen molar-refractivity contribution in [3.63, 3.8) is 0 Å². The first-order valence-corrected chi connectivity index (χ1v) is 12.5. The van der Waals surface area contributed by atoms with Crippen molar-refractivity contribution in [3.8, 4) is 11.5 Å². The van der Waals surface area contributed by atoms with Crippen LogP contribution >= 0.6 is 0 Å². The summed E-state index contributed by atoms with van der Waals surface area (Å²) in [7, 11) is 0. The van der Waals surface area contributed by atoms with E-state index >= 15 is 0 Å². The van der Waals surface area contributed by atoms with Gasteiger partial charge in [-0.05, 0) is 62.0 Å². The van der Waals surface area contributed by atoms with Crippen LogP contribution in [-0.2, 0) is 4.74 Å².